The zero-order valence-corrected chi connectivity index (χ0v) is 12.7. The molecule has 1 aliphatic carbocycles. The summed E-state index contributed by atoms with van der Waals surface area (Å²) in [5.41, 5.74) is 5.53. The van der Waals surface area contributed by atoms with E-state index < -0.39 is 5.54 Å². The number of carbonyl (C=O) groups excluding carboxylic acids is 1. The summed E-state index contributed by atoms with van der Waals surface area (Å²) in [6, 6.07) is 0.292. The Morgan fingerprint density at radius 3 is 2.28 bits per heavy atom. The van der Waals surface area contributed by atoms with Gasteiger partial charge in [-0.25, -0.2) is 0 Å². The van der Waals surface area contributed by atoms with Crippen LogP contribution in [-0.4, -0.2) is 17.5 Å². The number of nitrogens with one attached hydrogen (secondary N) is 1. The number of carbonyl (C=O) groups is 1. The lowest BCUT2D eigenvalue weighted by Crippen LogP contribution is -2.56. The first-order chi connectivity index (χ1) is 8.18. The molecule has 3 atom stereocenters. The highest BCUT2D eigenvalue weighted by atomic mass is 16.2. The molecule has 3 unspecified atom stereocenters. The average molecular weight is 254 g/mol. The molecule has 18 heavy (non-hydrogen) atoms. The molecule has 3 nitrogen and oxygen atoms in total. The third kappa shape index (κ3) is 3.71. The maximum Gasteiger partial charge on any atom is 0.240 e. The van der Waals surface area contributed by atoms with Crippen LogP contribution >= 0.6 is 0 Å². The maximum atomic E-state index is 12.2. The van der Waals surface area contributed by atoms with E-state index in [4.69, 9.17) is 5.73 Å². The zero-order chi connectivity index (χ0) is 14.0. The summed E-state index contributed by atoms with van der Waals surface area (Å²) < 4.78 is 0. The molecule has 1 fully saturated rings. The van der Waals surface area contributed by atoms with Gasteiger partial charge in [-0.05, 0) is 37.5 Å². The predicted octanol–water partition coefficient (Wildman–Crippen LogP) is 2.83. The second-order valence-corrected chi connectivity index (χ2v) is 7.11. The van der Waals surface area contributed by atoms with E-state index in [9.17, 15) is 4.79 Å². The van der Waals surface area contributed by atoms with Gasteiger partial charge in [-0.15, -0.1) is 0 Å². The van der Waals surface area contributed by atoms with Crippen LogP contribution in [0.1, 0.15) is 66.7 Å². The summed E-state index contributed by atoms with van der Waals surface area (Å²) in [5, 5.41) is 3.20. The van der Waals surface area contributed by atoms with Crippen molar-refractivity contribution in [2.75, 3.05) is 0 Å². The highest BCUT2D eigenvalue weighted by Crippen LogP contribution is 2.38. The van der Waals surface area contributed by atoms with Crippen molar-refractivity contribution in [3.05, 3.63) is 0 Å². The van der Waals surface area contributed by atoms with Gasteiger partial charge in [0.2, 0.25) is 5.91 Å². The van der Waals surface area contributed by atoms with E-state index in [0.29, 0.717) is 18.4 Å². The third-order valence-electron chi connectivity index (χ3n) is 4.45. The fraction of sp³-hybridized carbons (Fsp3) is 0.933. The highest BCUT2D eigenvalue weighted by molar-refractivity contribution is 5.85. The summed E-state index contributed by atoms with van der Waals surface area (Å²) >= 11 is 0. The Bertz CT molecular complexity index is 291. The normalized spacial score (nSPS) is 28.6. The Morgan fingerprint density at radius 2 is 1.78 bits per heavy atom. The summed E-state index contributed by atoms with van der Waals surface area (Å²) in [4.78, 5) is 12.2. The fourth-order valence-electron chi connectivity index (χ4n) is 2.83. The van der Waals surface area contributed by atoms with Gasteiger partial charge in [-0.1, -0.05) is 40.5 Å². The van der Waals surface area contributed by atoms with Gasteiger partial charge in [0.1, 0.15) is 0 Å². The van der Waals surface area contributed by atoms with Crippen LogP contribution in [0.5, 0.6) is 0 Å². The summed E-state index contributed by atoms with van der Waals surface area (Å²) in [7, 11) is 0. The molecule has 0 aromatic rings. The Labute approximate surface area is 112 Å². The molecule has 1 amide bonds. The van der Waals surface area contributed by atoms with E-state index in [2.05, 4.69) is 26.1 Å². The molecule has 1 aliphatic rings. The Hall–Kier alpha value is -0.570. The number of rotatable bonds is 3. The lowest BCUT2D eigenvalue weighted by atomic mass is 9.69. The van der Waals surface area contributed by atoms with Crippen molar-refractivity contribution in [2.24, 2.45) is 17.1 Å². The molecular formula is C15H30N2O. The minimum atomic E-state index is -0.736. The van der Waals surface area contributed by atoms with Crippen LogP contribution in [-0.2, 0) is 4.79 Å². The van der Waals surface area contributed by atoms with Crippen LogP contribution < -0.4 is 11.1 Å². The monoisotopic (exact) mass is 254 g/mol. The number of amides is 1. The van der Waals surface area contributed by atoms with Crippen molar-refractivity contribution in [1.29, 1.82) is 0 Å². The minimum Gasteiger partial charge on any atom is -0.351 e. The van der Waals surface area contributed by atoms with E-state index >= 15 is 0 Å². The van der Waals surface area contributed by atoms with Crippen LogP contribution in [0.15, 0.2) is 0 Å². The van der Waals surface area contributed by atoms with E-state index in [0.717, 1.165) is 6.42 Å². The van der Waals surface area contributed by atoms with Crippen molar-refractivity contribution < 1.29 is 4.79 Å². The molecule has 0 spiro atoms. The third-order valence-corrected chi connectivity index (χ3v) is 4.45. The van der Waals surface area contributed by atoms with Gasteiger partial charge in [0.15, 0.2) is 0 Å². The zero-order valence-electron chi connectivity index (χ0n) is 12.7. The topological polar surface area (TPSA) is 55.1 Å². The van der Waals surface area contributed by atoms with E-state index in [1.54, 1.807) is 0 Å². The van der Waals surface area contributed by atoms with Crippen molar-refractivity contribution in [1.82, 2.24) is 5.32 Å². The van der Waals surface area contributed by atoms with Gasteiger partial charge in [0.05, 0.1) is 5.54 Å². The van der Waals surface area contributed by atoms with Crippen LogP contribution in [0, 0.1) is 11.3 Å². The quantitative estimate of drug-likeness (QED) is 0.813. The van der Waals surface area contributed by atoms with E-state index in [-0.39, 0.29) is 11.3 Å². The van der Waals surface area contributed by atoms with Crippen LogP contribution in [0.25, 0.3) is 0 Å². The van der Waals surface area contributed by atoms with Gasteiger partial charge >= 0.3 is 0 Å². The number of hydrogen-bond acceptors (Lipinski definition) is 2. The molecule has 106 valence electrons. The van der Waals surface area contributed by atoms with Gasteiger partial charge in [0.25, 0.3) is 0 Å². The Balaban J connectivity index is 2.72. The fourth-order valence-corrected chi connectivity index (χ4v) is 2.83. The molecule has 0 aliphatic heterocycles. The molecule has 0 bridgehead atoms. The van der Waals surface area contributed by atoms with Gasteiger partial charge in [-0.2, -0.15) is 0 Å². The molecular weight excluding hydrogens is 224 g/mol. The van der Waals surface area contributed by atoms with Crippen LogP contribution in [0.2, 0.25) is 0 Å². The lowest BCUT2D eigenvalue weighted by molar-refractivity contribution is -0.127. The first-order valence-electron chi connectivity index (χ1n) is 7.28. The minimum absolute atomic E-state index is 0.00569. The highest BCUT2D eigenvalue weighted by Gasteiger charge is 2.37. The molecule has 1 saturated carbocycles. The van der Waals surface area contributed by atoms with Crippen molar-refractivity contribution in [3.63, 3.8) is 0 Å². The van der Waals surface area contributed by atoms with Crippen LogP contribution in [0.4, 0.5) is 0 Å². The largest absolute Gasteiger partial charge is 0.351 e. The summed E-state index contributed by atoms with van der Waals surface area (Å²) in [6.07, 6.45) is 5.47. The first-order valence-corrected chi connectivity index (χ1v) is 7.28. The summed E-state index contributed by atoms with van der Waals surface area (Å²) in [5.74, 6) is 0.564. The molecule has 0 aromatic heterocycles. The number of hydrogen-bond donors (Lipinski definition) is 2. The molecule has 0 radical (unpaired) electrons. The van der Waals surface area contributed by atoms with Gasteiger partial charge in [-0.3, -0.25) is 4.79 Å². The number of nitrogens with two attached hydrogens (primary N) is 1. The molecule has 0 heterocycles. The van der Waals surface area contributed by atoms with Crippen molar-refractivity contribution in [2.45, 2.75) is 78.3 Å². The van der Waals surface area contributed by atoms with Crippen LogP contribution in [0.3, 0.4) is 0 Å². The SMILES string of the molecule is CCC(C)(N)C(=O)NC1CCCCC1C(C)(C)C. The first kappa shape index (κ1) is 15.5. The molecule has 3 N–H and O–H groups in total. The molecule has 1 rings (SSSR count). The standard InChI is InChI=1S/C15H30N2O/c1-6-15(5,16)13(18)17-12-10-8-7-9-11(12)14(2,3)4/h11-12H,6-10,16H2,1-5H3,(H,17,18). The lowest BCUT2D eigenvalue weighted by Gasteiger charge is -2.41. The van der Waals surface area contributed by atoms with Gasteiger partial charge < -0.3 is 11.1 Å². The smallest absolute Gasteiger partial charge is 0.240 e. The van der Waals surface area contributed by atoms with E-state index in [1.807, 2.05) is 13.8 Å². The maximum absolute atomic E-state index is 12.2. The molecule has 3 heteroatoms. The Morgan fingerprint density at radius 1 is 1.22 bits per heavy atom. The molecule has 0 aromatic carbocycles. The second kappa shape index (κ2) is 5.60. The second-order valence-electron chi connectivity index (χ2n) is 7.11. The molecule has 0 saturated heterocycles. The van der Waals surface area contributed by atoms with Gasteiger partial charge in [0, 0.05) is 6.04 Å². The summed E-state index contributed by atoms with van der Waals surface area (Å²) in [6.45, 7) is 10.6. The van der Waals surface area contributed by atoms with E-state index in [1.165, 1.54) is 19.3 Å². The average Bonchev–Trinajstić information content (AvgIpc) is 2.28. The van der Waals surface area contributed by atoms with Crippen molar-refractivity contribution >= 4 is 5.91 Å². The Kier molecular flexibility index (Phi) is 4.82. The predicted molar refractivity (Wildman–Crippen MR) is 76.2 cm³/mol. The van der Waals surface area contributed by atoms with Crippen molar-refractivity contribution in [3.8, 4) is 0 Å².